The molecule has 1 rings (SSSR count). The lowest BCUT2D eigenvalue weighted by molar-refractivity contribution is 0.350. The molecule has 1 unspecified atom stereocenters. The highest BCUT2D eigenvalue weighted by atomic mass is 32.2. The van der Waals surface area contributed by atoms with Gasteiger partial charge in [0.2, 0.25) is 0 Å². The molecule has 0 bridgehead atoms. The molecule has 3 nitrogen and oxygen atoms in total. The van der Waals surface area contributed by atoms with Crippen molar-refractivity contribution in [1.29, 1.82) is 0 Å². The van der Waals surface area contributed by atoms with Crippen LogP contribution in [0, 0.1) is 11.8 Å². The van der Waals surface area contributed by atoms with Crippen molar-refractivity contribution >= 4 is 9.84 Å². The Morgan fingerprint density at radius 1 is 1.42 bits per heavy atom. The summed E-state index contributed by atoms with van der Waals surface area (Å²) in [6.45, 7) is -0.258. The molecule has 0 aromatic heterocycles. The molecule has 0 amide bonds. The Hall–Kier alpha value is -0.530. The van der Waals surface area contributed by atoms with E-state index < -0.39 is 15.1 Å². The molecule has 0 spiro atoms. The molecule has 1 fully saturated rings. The summed E-state index contributed by atoms with van der Waals surface area (Å²) in [7, 11) is -2.98. The lowest BCUT2D eigenvalue weighted by Crippen LogP contribution is -2.27. The van der Waals surface area contributed by atoms with Crippen LogP contribution in [0.1, 0.15) is 19.3 Å². The summed E-state index contributed by atoms with van der Waals surface area (Å²) in [4.78, 5) is 0. The molecule has 68 valence electrons. The molecule has 0 aliphatic carbocycles. The van der Waals surface area contributed by atoms with Crippen molar-refractivity contribution in [2.45, 2.75) is 24.5 Å². The molecule has 0 aromatic carbocycles. The van der Waals surface area contributed by atoms with Gasteiger partial charge in [-0.1, -0.05) is 18.3 Å². The van der Waals surface area contributed by atoms with Gasteiger partial charge in [0, 0.05) is 0 Å². The zero-order valence-electron chi connectivity index (χ0n) is 6.78. The van der Waals surface area contributed by atoms with Gasteiger partial charge in [0.25, 0.3) is 0 Å². The first-order chi connectivity index (χ1) is 5.67. The van der Waals surface area contributed by atoms with Gasteiger partial charge >= 0.3 is 0 Å². The van der Waals surface area contributed by atoms with E-state index >= 15 is 0 Å². The van der Waals surface area contributed by atoms with Crippen molar-refractivity contribution in [3.63, 3.8) is 0 Å². The van der Waals surface area contributed by atoms with Gasteiger partial charge in [0.05, 0.1) is 5.75 Å². The number of aliphatic hydroxyl groups excluding tert-OH is 1. The SMILES string of the molecule is O=S1(=O)CCCCC1C#CCO. The molecule has 0 radical (unpaired) electrons. The van der Waals surface area contributed by atoms with E-state index in [-0.39, 0.29) is 12.4 Å². The predicted molar refractivity (Wildman–Crippen MR) is 46.3 cm³/mol. The van der Waals surface area contributed by atoms with Crippen LogP contribution in [0.4, 0.5) is 0 Å². The molecular weight excluding hydrogens is 176 g/mol. The normalized spacial score (nSPS) is 27.2. The average Bonchev–Trinajstić information content (AvgIpc) is 2.02. The van der Waals surface area contributed by atoms with Gasteiger partial charge in [-0.15, -0.1) is 0 Å². The van der Waals surface area contributed by atoms with Crippen LogP contribution in [-0.2, 0) is 9.84 Å². The summed E-state index contributed by atoms with van der Waals surface area (Å²) in [5, 5.41) is 7.87. The summed E-state index contributed by atoms with van der Waals surface area (Å²) in [5.74, 6) is 5.22. The zero-order valence-corrected chi connectivity index (χ0v) is 7.60. The van der Waals surface area contributed by atoms with Crippen molar-refractivity contribution in [3.8, 4) is 11.8 Å². The van der Waals surface area contributed by atoms with E-state index in [0.717, 1.165) is 12.8 Å². The van der Waals surface area contributed by atoms with Crippen LogP contribution in [0.2, 0.25) is 0 Å². The third-order valence-electron chi connectivity index (χ3n) is 1.92. The van der Waals surface area contributed by atoms with Gasteiger partial charge in [0.15, 0.2) is 9.84 Å². The maximum absolute atomic E-state index is 11.3. The molecule has 0 aromatic rings. The van der Waals surface area contributed by atoms with Crippen LogP contribution < -0.4 is 0 Å². The van der Waals surface area contributed by atoms with Crippen LogP contribution in [0.3, 0.4) is 0 Å². The second-order valence-corrected chi connectivity index (χ2v) is 5.13. The molecule has 1 heterocycles. The van der Waals surface area contributed by atoms with Gasteiger partial charge in [-0.05, 0) is 12.8 Å². The number of aliphatic hydroxyl groups is 1. The molecule has 12 heavy (non-hydrogen) atoms. The van der Waals surface area contributed by atoms with Crippen molar-refractivity contribution in [2.24, 2.45) is 0 Å². The van der Waals surface area contributed by atoms with E-state index in [2.05, 4.69) is 11.8 Å². The lowest BCUT2D eigenvalue weighted by atomic mass is 10.2. The topological polar surface area (TPSA) is 54.4 Å². The molecule has 1 saturated heterocycles. The highest BCUT2D eigenvalue weighted by Gasteiger charge is 2.26. The van der Waals surface area contributed by atoms with E-state index in [9.17, 15) is 8.42 Å². The van der Waals surface area contributed by atoms with Crippen LogP contribution in [0.15, 0.2) is 0 Å². The van der Waals surface area contributed by atoms with Gasteiger partial charge in [-0.25, -0.2) is 8.42 Å². The minimum atomic E-state index is -2.98. The summed E-state index contributed by atoms with van der Waals surface area (Å²) in [5.41, 5.74) is 0. The van der Waals surface area contributed by atoms with Gasteiger partial charge in [-0.3, -0.25) is 0 Å². The first-order valence-electron chi connectivity index (χ1n) is 3.97. The predicted octanol–water partition coefficient (Wildman–Crippen LogP) is -0.0506. The van der Waals surface area contributed by atoms with Crippen LogP contribution in [0.5, 0.6) is 0 Å². The molecule has 0 saturated carbocycles. The number of rotatable bonds is 0. The standard InChI is InChI=1S/C8H12O3S/c9-6-3-5-8-4-1-2-7-12(8,10)11/h8-9H,1-2,4,6-7H2. The van der Waals surface area contributed by atoms with Gasteiger partial charge in [-0.2, -0.15) is 0 Å². The largest absolute Gasteiger partial charge is 0.384 e. The highest BCUT2D eigenvalue weighted by Crippen LogP contribution is 2.18. The highest BCUT2D eigenvalue weighted by molar-refractivity contribution is 7.92. The van der Waals surface area contributed by atoms with Crippen LogP contribution in [0.25, 0.3) is 0 Å². The Kier molecular flexibility index (Phi) is 3.12. The fraction of sp³-hybridized carbons (Fsp3) is 0.750. The molecule has 1 aliphatic heterocycles. The second kappa shape index (κ2) is 3.92. The van der Waals surface area contributed by atoms with Crippen LogP contribution >= 0.6 is 0 Å². The van der Waals surface area contributed by atoms with Gasteiger partial charge < -0.3 is 5.11 Å². The number of sulfone groups is 1. The Bertz CT molecular complexity index is 294. The Morgan fingerprint density at radius 3 is 2.75 bits per heavy atom. The van der Waals surface area contributed by atoms with Crippen molar-refractivity contribution in [1.82, 2.24) is 0 Å². The first-order valence-corrected chi connectivity index (χ1v) is 5.69. The first kappa shape index (κ1) is 9.56. The minimum Gasteiger partial charge on any atom is -0.384 e. The Balaban J connectivity index is 2.74. The molecular formula is C8H12O3S. The van der Waals surface area contributed by atoms with Crippen LogP contribution in [-0.4, -0.2) is 31.1 Å². The quantitative estimate of drug-likeness (QED) is 0.542. The second-order valence-electron chi connectivity index (χ2n) is 2.83. The fourth-order valence-electron chi connectivity index (χ4n) is 1.28. The summed E-state index contributed by atoms with van der Waals surface area (Å²) < 4.78 is 22.6. The lowest BCUT2D eigenvalue weighted by Gasteiger charge is -2.16. The maximum Gasteiger partial charge on any atom is 0.164 e. The summed E-state index contributed by atoms with van der Waals surface area (Å²) >= 11 is 0. The Labute approximate surface area is 72.7 Å². The Morgan fingerprint density at radius 2 is 2.17 bits per heavy atom. The van der Waals surface area contributed by atoms with E-state index in [0.29, 0.717) is 6.42 Å². The third-order valence-corrected chi connectivity index (χ3v) is 4.00. The molecule has 1 N–H and O–H groups in total. The van der Waals surface area contributed by atoms with Crippen molar-refractivity contribution < 1.29 is 13.5 Å². The van der Waals surface area contributed by atoms with E-state index in [1.165, 1.54) is 0 Å². The van der Waals surface area contributed by atoms with Crippen molar-refractivity contribution in [2.75, 3.05) is 12.4 Å². The fourth-order valence-corrected chi connectivity index (χ4v) is 2.96. The molecule has 1 aliphatic rings. The molecule has 4 heteroatoms. The minimum absolute atomic E-state index is 0.248. The van der Waals surface area contributed by atoms with Crippen molar-refractivity contribution in [3.05, 3.63) is 0 Å². The average molecular weight is 188 g/mol. The van der Waals surface area contributed by atoms with E-state index in [1.807, 2.05) is 0 Å². The number of hydrogen-bond donors (Lipinski definition) is 1. The maximum atomic E-state index is 11.3. The summed E-state index contributed by atoms with van der Waals surface area (Å²) in [6.07, 6.45) is 2.29. The summed E-state index contributed by atoms with van der Waals surface area (Å²) in [6, 6.07) is 0. The van der Waals surface area contributed by atoms with Gasteiger partial charge in [0.1, 0.15) is 11.9 Å². The van der Waals surface area contributed by atoms with E-state index in [1.54, 1.807) is 0 Å². The molecule has 1 atom stereocenters. The monoisotopic (exact) mass is 188 g/mol. The smallest absolute Gasteiger partial charge is 0.164 e. The zero-order chi connectivity index (χ0) is 9.03. The van der Waals surface area contributed by atoms with E-state index in [4.69, 9.17) is 5.11 Å². The number of hydrogen-bond acceptors (Lipinski definition) is 3. The third kappa shape index (κ3) is 2.23.